The van der Waals surface area contributed by atoms with Crippen molar-refractivity contribution in [3.8, 4) is 0 Å². The van der Waals surface area contributed by atoms with Crippen LogP contribution in [0.5, 0.6) is 0 Å². The number of nitrogens with zero attached hydrogens (tertiary/aromatic N) is 1. The molecule has 1 aliphatic carbocycles. The molecule has 0 radical (unpaired) electrons. The monoisotopic (exact) mass is 400 g/mol. The normalized spacial score (nSPS) is 21.7. The fraction of sp³-hybridized carbons (Fsp3) is 0.400. The summed E-state index contributed by atoms with van der Waals surface area (Å²) in [6.07, 6.45) is 8.20. The summed E-state index contributed by atoms with van der Waals surface area (Å²) in [6.45, 7) is 0.538. The van der Waals surface area contributed by atoms with Crippen LogP contribution in [0, 0.1) is 17.1 Å². The van der Waals surface area contributed by atoms with Gasteiger partial charge in [0.15, 0.2) is 11.6 Å². The molecule has 6 nitrogen and oxygen atoms in total. The summed E-state index contributed by atoms with van der Waals surface area (Å²) in [5.74, 6) is 1.53. The number of aromatic amines is 1. The van der Waals surface area contributed by atoms with Crippen molar-refractivity contribution in [2.24, 2.45) is 11.7 Å². The third-order valence-electron chi connectivity index (χ3n) is 5.61. The fourth-order valence-corrected chi connectivity index (χ4v) is 4.87. The Hall–Kier alpha value is -2.32. The van der Waals surface area contributed by atoms with Crippen LogP contribution in [0.4, 0.5) is 15.9 Å². The van der Waals surface area contributed by atoms with Gasteiger partial charge in [0.2, 0.25) is 0 Å². The molecule has 8 heteroatoms. The number of H-pyrrole nitrogens is 1. The number of benzene rings is 1. The summed E-state index contributed by atoms with van der Waals surface area (Å²) >= 11 is 1.46. The third-order valence-corrected chi connectivity index (χ3v) is 6.50. The Bertz CT molecular complexity index is 893. The van der Waals surface area contributed by atoms with Crippen LogP contribution in [0.25, 0.3) is 0 Å². The average molecular weight is 401 g/mol. The van der Waals surface area contributed by atoms with E-state index in [1.165, 1.54) is 24.6 Å². The molecule has 148 valence electrons. The molecular weight excluding hydrogens is 375 g/mol. The minimum Gasteiger partial charge on any atom is -0.402 e. The summed E-state index contributed by atoms with van der Waals surface area (Å²) in [7, 11) is 0. The van der Waals surface area contributed by atoms with Crippen molar-refractivity contribution < 1.29 is 4.39 Å². The molecule has 2 aliphatic rings. The van der Waals surface area contributed by atoms with E-state index in [9.17, 15) is 4.39 Å². The molecule has 0 bridgehead atoms. The topological polar surface area (TPSA) is 103 Å². The Balaban J connectivity index is 1.36. The number of anilines is 2. The van der Waals surface area contributed by atoms with Crippen LogP contribution in [-0.4, -0.2) is 16.4 Å². The Kier molecular flexibility index (Phi) is 5.68. The largest absolute Gasteiger partial charge is 0.402 e. The Morgan fingerprint density at radius 3 is 3.18 bits per heavy atom. The molecule has 0 spiro atoms. The Labute approximate surface area is 168 Å². The quantitative estimate of drug-likeness (QED) is 0.346. The van der Waals surface area contributed by atoms with Crippen molar-refractivity contribution in [3.63, 3.8) is 0 Å². The number of aromatic nitrogens is 2. The molecule has 6 N–H and O–H groups in total. The molecule has 1 aromatic carbocycles. The maximum absolute atomic E-state index is 14.6. The van der Waals surface area contributed by atoms with E-state index in [0.717, 1.165) is 42.0 Å². The zero-order valence-electron chi connectivity index (χ0n) is 15.6. The lowest BCUT2D eigenvalue weighted by Crippen LogP contribution is -2.02. The minimum atomic E-state index is -0.212. The summed E-state index contributed by atoms with van der Waals surface area (Å²) in [4.78, 5) is 0.943. The number of hydrogen-bond donors (Lipinski definition) is 5. The first-order chi connectivity index (χ1) is 13.6. The van der Waals surface area contributed by atoms with Crippen LogP contribution >= 0.6 is 11.9 Å². The van der Waals surface area contributed by atoms with Gasteiger partial charge in [0.25, 0.3) is 0 Å². The number of nitrogens with one attached hydrogen (secondary N) is 4. The lowest BCUT2D eigenvalue weighted by Gasteiger charge is -2.10. The van der Waals surface area contributed by atoms with Gasteiger partial charge in [-0.3, -0.25) is 9.82 Å². The van der Waals surface area contributed by atoms with Gasteiger partial charge < -0.3 is 16.5 Å². The molecule has 2 heterocycles. The highest BCUT2D eigenvalue weighted by atomic mass is 32.2. The third kappa shape index (κ3) is 4.07. The smallest absolute Gasteiger partial charge is 0.152 e. The summed E-state index contributed by atoms with van der Waals surface area (Å²) in [6, 6.07) is 5.69. The van der Waals surface area contributed by atoms with E-state index >= 15 is 0 Å². The molecule has 0 amide bonds. The zero-order chi connectivity index (χ0) is 19.5. The average Bonchev–Trinajstić information content (AvgIpc) is 3.43. The number of hydrogen-bond acceptors (Lipinski definition) is 6. The minimum absolute atomic E-state index is 0.212. The Morgan fingerprint density at radius 2 is 2.32 bits per heavy atom. The van der Waals surface area contributed by atoms with E-state index in [1.54, 1.807) is 12.1 Å². The van der Waals surface area contributed by atoms with Crippen LogP contribution in [0.15, 0.2) is 34.9 Å². The molecular formula is C20H25FN6S. The van der Waals surface area contributed by atoms with Crippen molar-refractivity contribution >= 4 is 29.7 Å². The molecule has 2 atom stereocenters. The second kappa shape index (κ2) is 8.36. The first-order valence-corrected chi connectivity index (χ1v) is 10.4. The van der Waals surface area contributed by atoms with Gasteiger partial charge in [0.1, 0.15) is 0 Å². The van der Waals surface area contributed by atoms with Gasteiger partial charge in [-0.25, -0.2) is 4.39 Å². The zero-order valence-corrected chi connectivity index (χ0v) is 16.4. The van der Waals surface area contributed by atoms with E-state index in [4.69, 9.17) is 11.1 Å². The van der Waals surface area contributed by atoms with Crippen molar-refractivity contribution in [1.82, 2.24) is 14.9 Å². The van der Waals surface area contributed by atoms with Gasteiger partial charge >= 0.3 is 0 Å². The lowest BCUT2D eigenvalue weighted by atomic mass is 9.97. The molecule has 1 aliphatic heterocycles. The standard InChI is InChI=1S/C20H25FN6S/c21-20-15-11-24-28-18(15)6-5-16(20)25-19-10-17(26-27-19)13-3-1-12(9-13)2-4-14(23)7-8-22/h5-8,10,12-13,22,24H,1-4,9,11,23H2,(H2,25,26,27)/b14-7-,22-8?. The molecule has 1 fully saturated rings. The van der Waals surface area contributed by atoms with Crippen LogP contribution < -0.4 is 15.8 Å². The molecule has 1 aromatic heterocycles. The molecule has 0 saturated heterocycles. The molecule has 28 heavy (non-hydrogen) atoms. The van der Waals surface area contributed by atoms with Gasteiger partial charge in [-0.15, -0.1) is 0 Å². The number of fused-ring (bicyclic) bond motifs is 1. The number of allylic oxidation sites excluding steroid dienone is 2. The van der Waals surface area contributed by atoms with Crippen molar-refractivity contribution in [2.45, 2.75) is 49.5 Å². The SMILES string of the molecule is N=C/C=C(\N)CCC1CCC(c2cc(Nc3ccc4c(c3F)CNS4)n[nH]2)C1. The highest BCUT2D eigenvalue weighted by Crippen LogP contribution is 2.40. The molecule has 4 rings (SSSR count). The molecule has 1 saturated carbocycles. The maximum Gasteiger partial charge on any atom is 0.152 e. The van der Waals surface area contributed by atoms with Gasteiger partial charge in [0.05, 0.1) is 5.69 Å². The highest BCUT2D eigenvalue weighted by Gasteiger charge is 2.27. The Morgan fingerprint density at radius 1 is 1.43 bits per heavy atom. The van der Waals surface area contributed by atoms with E-state index in [0.29, 0.717) is 35.4 Å². The lowest BCUT2D eigenvalue weighted by molar-refractivity contribution is 0.492. The van der Waals surface area contributed by atoms with E-state index in [2.05, 4.69) is 20.2 Å². The fourth-order valence-electron chi connectivity index (χ4n) is 4.07. The maximum atomic E-state index is 14.6. The highest BCUT2D eigenvalue weighted by molar-refractivity contribution is 7.97. The molecule has 2 unspecified atom stereocenters. The van der Waals surface area contributed by atoms with Crippen LogP contribution in [-0.2, 0) is 6.54 Å². The van der Waals surface area contributed by atoms with Gasteiger partial charge in [-0.1, -0.05) is 0 Å². The van der Waals surface area contributed by atoms with Crippen molar-refractivity contribution in [3.05, 3.63) is 47.0 Å². The van der Waals surface area contributed by atoms with Crippen LogP contribution in [0.2, 0.25) is 0 Å². The van der Waals surface area contributed by atoms with Gasteiger partial charge in [0, 0.05) is 46.6 Å². The first-order valence-electron chi connectivity index (χ1n) is 9.62. The van der Waals surface area contributed by atoms with Gasteiger partial charge in [-0.05, 0) is 68.2 Å². The number of nitrogens with two attached hydrogens (primary N) is 1. The van der Waals surface area contributed by atoms with E-state index in [1.807, 2.05) is 12.1 Å². The second-order valence-corrected chi connectivity index (χ2v) is 8.42. The van der Waals surface area contributed by atoms with Crippen LogP contribution in [0.3, 0.4) is 0 Å². The second-order valence-electron chi connectivity index (χ2n) is 7.48. The van der Waals surface area contributed by atoms with Crippen molar-refractivity contribution in [1.29, 1.82) is 5.41 Å². The van der Waals surface area contributed by atoms with Gasteiger partial charge in [-0.2, -0.15) is 5.10 Å². The summed E-state index contributed by atoms with van der Waals surface area (Å²) in [5.41, 5.74) is 8.92. The van der Waals surface area contributed by atoms with Crippen molar-refractivity contribution in [2.75, 3.05) is 5.32 Å². The van der Waals surface area contributed by atoms with Crippen LogP contribution in [0.1, 0.15) is 49.3 Å². The first kappa shape index (κ1) is 19.0. The predicted molar refractivity (Wildman–Crippen MR) is 111 cm³/mol. The summed E-state index contributed by atoms with van der Waals surface area (Å²) in [5, 5.41) is 17.6. The van der Waals surface area contributed by atoms with E-state index < -0.39 is 0 Å². The predicted octanol–water partition coefficient (Wildman–Crippen LogP) is 4.56. The molecule has 2 aromatic rings. The number of halogens is 1. The van der Waals surface area contributed by atoms with E-state index in [-0.39, 0.29) is 5.82 Å². The summed E-state index contributed by atoms with van der Waals surface area (Å²) < 4.78 is 17.7. The number of rotatable bonds is 7.